The quantitative estimate of drug-likeness (QED) is 0.391. The predicted molar refractivity (Wildman–Crippen MR) is 116 cm³/mol. The van der Waals surface area contributed by atoms with Gasteiger partial charge in [0.15, 0.2) is 0 Å². The molecule has 1 amide bonds. The maximum absolute atomic E-state index is 13.3. The van der Waals surface area contributed by atoms with E-state index in [0.29, 0.717) is 22.4 Å². The van der Waals surface area contributed by atoms with Crippen LogP contribution in [-0.4, -0.2) is 21.3 Å². The highest BCUT2D eigenvalue weighted by molar-refractivity contribution is 6.00. The maximum Gasteiger partial charge on any atom is 0.278 e. The summed E-state index contributed by atoms with van der Waals surface area (Å²) in [6.07, 6.45) is 7.45. The van der Waals surface area contributed by atoms with Crippen LogP contribution in [0.25, 0.3) is 16.7 Å². The molecular weight excluding hydrogens is 394 g/mol. The zero-order valence-electron chi connectivity index (χ0n) is 17.3. The largest absolute Gasteiger partial charge is 0.466 e. The van der Waals surface area contributed by atoms with Crippen LogP contribution >= 0.6 is 0 Å². The number of aromatic nitrogens is 3. The number of rotatable bonds is 4. The number of amides is 1. The van der Waals surface area contributed by atoms with Gasteiger partial charge >= 0.3 is 0 Å². The third kappa shape index (κ3) is 3.43. The number of carbonyl (C=O) groups excluding carboxylic acids is 1. The Hall–Kier alpha value is -3.68. The fourth-order valence-corrected chi connectivity index (χ4v) is 4.29. The van der Waals surface area contributed by atoms with Crippen LogP contribution < -0.4 is 21.2 Å². The van der Waals surface area contributed by atoms with E-state index >= 15 is 0 Å². The second kappa shape index (κ2) is 7.54. The molecule has 158 valence electrons. The molecule has 1 aliphatic carbocycles. The smallest absolute Gasteiger partial charge is 0.278 e. The molecular formula is C23H24N5O3+. The topological polar surface area (TPSA) is 107 Å². The van der Waals surface area contributed by atoms with Gasteiger partial charge in [-0.15, -0.1) is 0 Å². The Kier molecular flexibility index (Phi) is 4.69. The lowest BCUT2D eigenvalue weighted by Gasteiger charge is -2.14. The van der Waals surface area contributed by atoms with Gasteiger partial charge in [0.05, 0.1) is 6.26 Å². The lowest BCUT2D eigenvalue weighted by Crippen LogP contribution is -2.44. The van der Waals surface area contributed by atoms with Gasteiger partial charge in [-0.05, 0) is 49.6 Å². The van der Waals surface area contributed by atoms with Crippen molar-refractivity contribution in [2.45, 2.75) is 45.2 Å². The van der Waals surface area contributed by atoms with Crippen LogP contribution in [0.3, 0.4) is 0 Å². The van der Waals surface area contributed by atoms with E-state index in [9.17, 15) is 9.59 Å². The molecule has 4 aromatic rings. The van der Waals surface area contributed by atoms with E-state index in [0.717, 1.165) is 31.2 Å². The number of nitrogens with two attached hydrogens (primary N) is 1. The lowest BCUT2D eigenvalue weighted by molar-refractivity contribution is -0.651. The summed E-state index contributed by atoms with van der Waals surface area (Å²) in [5, 5.41) is 3.40. The van der Waals surface area contributed by atoms with E-state index in [2.05, 4.69) is 5.32 Å². The van der Waals surface area contributed by atoms with E-state index in [-0.39, 0.29) is 35.4 Å². The minimum atomic E-state index is -0.270. The number of pyridine rings is 2. The summed E-state index contributed by atoms with van der Waals surface area (Å²) in [5.41, 5.74) is 8.37. The standard InChI is InChI=1S/C23H23N5O3/c1-14-8-9-19-26-21-18(23(30)27(19)12-14)11-17(22(29)25-15-5-2-3-6-15)20(24)28(21)13-16-7-4-10-31-16/h4,7-12,15,24H,2-3,5-6,13H2,1H3,(H,25,29)/p+1. The van der Waals surface area contributed by atoms with Gasteiger partial charge in [0.1, 0.15) is 23.3 Å². The van der Waals surface area contributed by atoms with Gasteiger partial charge in [-0.2, -0.15) is 0 Å². The van der Waals surface area contributed by atoms with Crippen LogP contribution in [0, 0.1) is 6.92 Å². The van der Waals surface area contributed by atoms with Crippen LogP contribution in [0.15, 0.2) is 52.0 Å². The van der Waals surface area contributed by atoms with Crippen LogP contribution in [0.2, 0.25) is 0 Å². The Morgan fingerprint density at radius 3 is 2.87 bits per heavy atom. The molecule has 1 aliphatic rings. The number of fused-ring (bicyclic) bond motifs is 2. The highest BCUT2D eigenvalue weighted by Crippen LogP contribution is 2.20. The SMILES string of the molecule is Cc1ccc2nc3c(cc(C(=O)NC4CCCC4)c(N)[n+]3Cc3ccco3)c(=O)n2c1. The van der Waals surface area contributed by atoms with Gasteiger partial charge < -0.3 is 15.5 Å². The second-order valence-electron chi connectivity index (χ2n) is 8.15. The van der Waals surface area contributed by atoms with Crippen molar-refractivity contribution in [3.05, 3.63) is 70.0 Å². The number of nitrogen functional groups attached to an aromatic ring is 1. The first kappa shape index (κ1) is 19.3. The first-order valence-corrected chi connectivity index (χ1v) is 10.5. The van der Waals surface area contributed by atoms with Crippen molar-refractivity contribution >= 4 is 28.4 Å². The van der Waals surface area contributed by atoms with E-state index < -0.39 is 0 Å². The predicted octanol–water partition coefficient (Wildman–Crippen LogP) is 2.34. The average molecular weight is 418 g/mol. The summed E-state index contributed by atoms with van der Waals surface area (Å²) in [7, 11) is 0. The van der Waals surface area contributed by atoms with Crippen LogP contribution in [0.5, 0.6) is 0 Å². The Morgan fingerprint density at radius 2 is 2.13 bits per heavy atom. The van der Waals surface area contributed by atoms with E-state index in [1.165, 1.54) is 4.40 Å². The Balaban J connectivity index is 1.74. The maximum atomic E-state index is 13.3. The summed E-state index contributed by atoms with van der Waals surface area (Å²) in [6.45, 7) is 2.17. The number of nitrogens with one attached hydrogen (secondary N) is 1. The first-order valence-electron chi connectivity index (χ1n) is 10.5. The molecule has 4 heterocycles. The molecule has 0 bridgehead atoms. The monoisotopic (exact) mass is 418 g/mol. The normalized spacial score (nSPS) is 14.5. The average Bonchev–Trinajstić information content (AvgIpc) is 3.45. The van der Waals surface area contributed by atoms with Gasteiger partial charge in [0.25, 0.3) is 17.1 Å². The van der Waals surface area contributed by atoms with Gasteiger partial charge in [-0.1, -0.05) is 23.9 Å². The summed E-state index contributed by atoms with van der Waals surface area (Å²) >= 11 is 0. The third-order valence-electron chi connectivity index (χ3n) is 5.93. The molecule has 1 saturated carbocycles. The number of hydrogen-bond donors (Lipinski definition) is 2. The molecule has 0 saturated heterocycles. The molecule has 0 unspecified atom stereocenters. The number of hydrogen-bond acceptors (Lipinski definition) is 5. The molecule has 0 atom stereocenters. The lowest BCUT2D eigenvalue weighted by atomic mass is 10.1. The van der Waals surface area contributed by atoms with Crippen molar-refractivity contribution in [1.82, 2.24) is 14.7 Å². The molecule has 4 aromatic heterocycles. The Morgan fingerprint density at radius 1 is 1.32 bits per heavy atom. The van der Waals surface area contributed by atoms with Crippen molar-refractivity contribution < 1.29 is 13.8 Å². The molecule has 0 spiro atoms. The number of nitrogens with zero attached hydrogens (tertiary/aromatic N) is 3. The minimum Gasteiger partial charge on any atom is -0.466 e. The number of anilines is 1. The summed E-state index contributed by atoms with van der Waals surface area (Å²) in [6, 6.07) is 9.01. The zero-order valence-corrected chi connectivity index (χ0v) is 17.3. The fourth-order valence-electron chi connectivity index (χ4n) is 4.29. The minimum absolute atomic E-state index is 0.139. The molecule has 8 nitrogen and oxygen atoms in total. The second-order valence-corrected chi connectivity index (χ2v) is 8.15. The van der Waals surface area contributed by atoms with Gasteiger partial charge in [0, 0.05) is 12.2 Å². The summed E-state index contributed by atoms with van der Waals surface area (Å²) in [5.74, 6) is 0.633. The van der Waals surface area contributed by atoms with Crippen molar-refractivity contribution in [2.75, 3.05) is 5.73 Å². The molecule has 1 fully saturated rings. The summed E-state index contributed by atoms with van der Waals surface area (Å²) < 4.78 is 8.68. The molecule has 0 aliphatic heterocycles. The number of aryl methyl sites for hydroxylation is 1. The molecule has 0 aromatic carbocycles. The molecule has 0 radical (unpaired) electrons. The van der Waals surface area contributed by atoms with Crippen molar-refractivity contribution in [3.8, 4) is 0 Å². The number of furan rings is 1. The highest BCUT2D eigenvalue weighted by Gasteiger charge is 2.27. The number of carbonyl (C=O) groups is 1. The van der Waals surface area contributed by atoms with Crippen LogP contribution in [0.4, 0.5) is 5.82 Å². The van der Waals surface area contributed by atoms with Crippen molar-refractivity contribution in [1.29, 1.82) is 0 Å². The summed E-state index contributed by atoms with van der Waals surface area (Å²) in [4.78, 5) is 31.1. The van der Waals surface area contributed by atoms with Crippen LogP contribution in [-0.2, 0) is 6.54 Å². The highest BCUT2D eigenvalue weighted by atomic mass is 16.3. The third-order valence-corrected chi connectivity index (χ3v) is 5.93. The molecule has 31 heavy (non-hydrogen) atoms. The first-order chi connectivity index (χ1) is 15.0. The molecule has 8 heteroatoms. The van der Waals surface area contributed by atoms with Gasteiger partial charge in [0.2, 0.25) is 11.5 Å². The Labute approximate surface area is 178 Å². The van der Waals surface area contributed by atoms with Crippen molar-refractivity contribution in [3.63, 3.8) is 0 Å². The molecule has 3 N–H and O–H groups in total. The van der Waals surface area contributed by atoms with Gasteiger partial charge in [-0.3, -0.25) is 14.0 Å². The Bertz CT molecular complexity index is 1350. The fraction of sp³-hybridized carbons (Fsp3) is 0.304. The van der Waals surface area contributed by atoms with E-state index in [1.807, 2.05) is 19.1 Å². The van der Waals surface area contributed by atoms with E-state index in [1.54, 1.807) is 35.2 Å². The zero-order chi connectivity index (χ0) is 21.5. The molecule has 5 rings (SSSR count). The van der Waals surface area contributed by atoms with E-state index in [4.69, 9.17) is 15.1 Å². The van der Waals surface area contributed by atoms with Gasteiger partial charge in [-0.25, -0.2) is 4.57 Å². The van der Waals surface area contributed by atoms with Crippen LogP contribution in [0.1, 0.15) is 47.4 Å². The van der Waals surface area contributed by atoms with Crippen molar-refractivity contribution in [2.24, 2.45) is 0 Å².